The average molecular weight is 952 g/mol. The van der Waals surface area contributed by atoms with Gasteiger partial charge in [0.15, 0.2) is 0 Å². The Morgan fingerprint density at radius 2 is 0.763 bits per heavy atom. The van der Waals surface area contributed by atoms with E-state index in [4.69, 9.17) is 4.98 Å². The van der Waals surface area contributed by atoms with Crippen LogP contribution in [0.1, 0.15) is 101 Å². The molecule has 0 amide bonds. The molecule has 0 bridgehead atoms. The van der Waals surface area contributed by atoms with Crippen LogP contribution in [0.2, 0.25) is 0 Å². The van der Waals surface area contributed by atoms with E-state index in [0.29, 0.717) is 23.7 Å². The zero-order valence-electron chi connectivity index (χ0n) is 35.5. The van der Waals surface area contributed by atoms with Crippen molar-refractivity contribution >= 4 is 0 Å². The summed E-state index contributed by atoms with van der Waals surface area (Å²) in [6.45, 7) is 18.2. The first kappa shape index (κ1) is 43.0. The van der Waals surface area contributed by atoms with Crippen LogP contribution in [0.15, 0.2) is 164 Å². The van der Waals surface area contributed by atoms with Gasteiger partial charge in [-0.2, -0.15) is 0 Å². The maximum atomic E-state index is 4.71. The van der Waals surface area contributed by atoms with Crippen LogP contribution in [-0.4, -0.2) is 19.1 Å². The van der Waals surface area contributed by atoms with Crippen LogP contribution in [0, 0.1) is 6.07 Å². The minimum atomic E-state index is 0. The Morgan fingerprint density at radius 3 is 1.14 bits per heavy atom. The molecule has 0 atom stereocenters. The van der Waals surface area contributed by atoms with Crippen LogP contribution in [0.5, 0.6) is 0 Å². The fourth-order valence-corrected chi connectivity index (χ4v) is 7.77. The van der Waals surface area contributed by atoms with Crippen LogP contribution < -0.4 is 0 Å². The minimum Gasteiger partial charge on any atom is -0.340 e. The number of nitrogens with zero attached hydrogens (tertiary/aromatic N) is 4. The fourth-order valence-electron chi connectivity index (χ4n) is 7.77. The molecule has 5 heteroatoms. The maximum absolute atomic E-state index is 4.71. The van der Waals surface area contributed by atoms with E-state index in [1.54, 1.807) is 0 Å². The summed E-state index contributed by atoms with van der Waals surface area (Å²) >= 11 is 0. The van der Waals surface area contributed by atoms with E-state index in [-0.39, 0.29) is 20.1 Å². The zero-order chi connectivity index (χ0) is 40.8. The molecular weight excluding hydrogens is 897 g/mol. The van der Waals surface area contributed by atoms with Crippen molar-refractivity contribution in [3.8, 4) is 56.4 Å². The predicted octanol–water partition coefficient (Wildman–Crippen LogP) is 14.7. The summed E-state index contributed by atoms with van der Waals surface area (Å²) < 4.78 is 4.51. The molecule has 0 aliphatic carbocycles. The Bertz CT molecular complexity index is 2310. The Labute approximate surface area is 365 Å². The molecule has 6 aromatic carbocycles. The van der Waals surface area contributed by atoms with Gasteiger partial charge >= 0.3 is 0 Å². The van der Waals surface area contributed by atoms with E-state index in [0.717, 1.165) is 22.8 Å². The SMILES string of the molecule is CC(C)c1cc(-c2ccccc2)cc(C(C)C)c1-n1ccnc1-c1[c-]cccc1.CC(C)c1cc(-c2ccccc2)cc(C(C)C)c1-n1ccnc1-c1ccccc1.[Ir]. The molecular formula is C54H55IrN4-. The van der Waals surface area contributed by atoms with Crippen molar-refractivity contribution < 1.29 is 20.1 Å². The molecule has 0 spiro atoms. The molecule has 0 fully saturated rings. The minimum absolute atomic E-state index is 0. The van der Waals surface area contributed by atoms with Crippen molar-refractivity contribution in [3.63, 3.8) is 0 Å². The van der Waals surface area contributed by atoms with Crippen LogP contribution >= 0.6 is 0 Å². The van der Waals surface area contributed by atoms with Gasteiger partial charge in [-0.25, -0.2) is 4.98 Å². The van der Waals surface area contributed by atoms with E-state index < -0.39 is 0 Å². The van der Waals surface area contributed by atoms with E-state index >= 15 is 0 Å². The normalized spacial score (nSPS) is 11.2. The van der Waals surface area contributed by atoms with E-state index in [9.17, 15) is 0 Å². The predicted molar refractivity (Wildman–Crippen MR) is 244 cm³/mol. The molecule has 0 saturated heterocycles. The smallest absolute Gasteiger partial charge is 0.144 e. The molecule has 0 aliphatic heterocycles. The van der Waals surface area contributed by atoms with Crippen molar-refractivity contribution in [3.05, 3.63) is 193 Å². The molecule has 8 aromatic rings. The number of hydrogen-bond donors (Lipinski definition) is 0. The Morgan fingerprint density at radius 1 is 0.407 bits per heavy atom. The number of imidazole rings is 2. The fraction of sp³-hybridized carbons (Fsp3) is 0.222. The summed E-state index contributed by atoms with van der Waals surface area (Å²) in [6, 6.07) is 52.5. The first-order chi connectivity index (χ1) is 28.1. The second kappa shape index (κ2) is 19.4. The summed E-state index contributed by atoms with van der Waals surface area (Å²) in [6.07, 6.45) is 7.96. The summed E-state index contributed by atoms with van der Waals surface area (Å²) in [5.41, 5.74) is 15.1. The first-order valence-corrected chi connectivity index (χ1v) is 20.7. The third-order valence-electron chi connectivity index (χ3n) is 10.8. The number of hydrogen-bond acceptors (Lipinski definition) is 2. The van der Waals surface area contributed by atoms with Crippen molar-refractivity contribution in [2.75, 3.05) is 0 Å². The van der Waals surface area contributed by atoms with Gasteiger partial charge in [0.25, 0.3) is 0 Å². The molecule has 0 N–H and O–H groups in total. The van der Waals surface area contributed by atoms with E-state index in [1.807, 2.05) is 36.7 Å². The van der Waals surface area contributed by atoms with Crippen LogP contribution in [0.3, 0.4) is 0 Å². The summed E-state index contributed by atoms with van der Waals surface area (Å²) in [5.74, 6) is 3.50. The molecule has 59 heavy (non-hydrogen) atoms. The van der Waals surface area contributed by atoms with Crippen molar-refractivity contribution in [2.24, 2.45) is 0 Å². The van der Waals surface area contributed by atoms with Crippen LogP contribution in [-0.2, 0) is 20.1 Å². The molecule has 2 heterocycles. The third-order valence-corrected chi connectivity index (χ3v) is 10.8. The topological polar surface area (TPSA) is 35.6 Å². The Kier molecular flexibility index (Phi) is 14.2. The molecule has 1 radical (unpaired) electrons. The molecule has 0 unspecified atom stereocenters. The van der Waals surface area contributed by atoms with Gasteiger partial charge in [0, 0.05) is 56.1 Å². The number of benzene rings is 6. The average Bonchev–Trinajstić information content (AvgIpc) is 3.95. The van der Waals surface area contributed by atoms with Gasteiger partial charge < -0.3 is 4.57 Å². The second-order valence-corrected chi connectivity index (χ2v) is 16.2. The standard InChI is InChI=1S/C27H28N2.C27H27N2.Ir/c2*1-19(2)24-17-23(21-11-7-5-8-12-21)18-25(20(3)4)26(24)29-16-15-28-27(29)22-13-9-6-10-14-22;/h5-20H,1-4H3;5-13,15-20H,1-4H3;/q;-1;. The molecule has 4 nitrogen and oxygen atoms in total. The summed E-state index contributed by atoms with van der Waals surface area (Å²) in [4.78, 5) is 9.38. The largest absolute Gasteiger partial charge is 0.340 e. The monoisotopic (exact) mass is 952 g/mol. The molecule has 0 saturated carbocycles. The molecule has 2 aromatic heterocycles. The Balaban J connectivity index is 0.000000195. The summed E-state index contributed by atoms with van der Waals surface area (Å²) in [5, 5.41) is 0. The van der Waals surface area contributed by atoms with Crippen LogP contribution in [0.25, 0.3) is 56.4 Å². The van der Waals surface area contributed by atoms with Crippen molar-refractivity contribution in [2.45, 2.75) is 79.1 Å². The van der Waals surface area contributed by atoms with Gasteiger partial charge in [-0.05, 0) is 92.4 Å². The van der Waals surface area contributed by atoms with Gasteiger partial charge in [0.2, 0.25) is 0 Å². The zero-order valence-corrected chi connectivity index (χ0v) is 37.9. The van der Waals surface area contributed by atoms with Gasteiger partial charge in [-0.3, -0.25) is 9.55 Å². The molecule has 0 aliphatic rings. The quantitative estimate of drug-likeness (QED) is 0.128. The van der Waals surface area contributed by atoms with E-state index in [2.05, 4.69) is 203 Å². The van der Waals surface area contributed by atoms with Crippen molar-refractivity contribution in [1.82, 2.24) is 19.1 Å². The van der Waals surface area contributed by atoms with Crippen LogP contribution in [0.4, 0.5) is 0 Å². The van der Waals surface area contributed by atoms with Gasteiger partial charge in [0.05, 0.1) is 11.5 Å². The van der Waals surface area contributed by atoms with Gasteiger partial charge in [0.1, 0.15) is 5.82 Å². The third kappa shape index (κ3) is 9.49. The maximum Gasteiger partial charge on any atom is 0.144 e. The second-order valence-electron chi connectivity index (χ2n) is 16.2. The Hall–Kier alpha value is -5.61. The van der Waals surface area contributed by atoms with Gasteiger partial charge in [-0.15, -0.1) is 35.9 Å². The molecule has 8 rings (SSSR count). The summed E-state index contributed by atoms with van der Waals surface area (Å²) in [7, 11) is 0. The molecule has 301 valence electrons. The van der Waals surface area contributed by atoms with Crippen molar-refractivity contribution in [1.29, 1.82) is 0 Å². The number of rotatable bonds is 10. The van der Waals surface area contributed by atoms with E-state index in [1.165, 1.54) is 55.9 Å². The number of aromatic nitrogens is 4. The van der Waals surface area contributed by atoms with Gasteiger partial charge in [-0.1, -0.05) is 146 Å². The first-order valence-electron chi connectivity index (χ1n) is 20.7.